The predicted molar refractivity (Wildman–Crippen MR) is 81.2 cm³/mol. The van der Waals surface area contributed by atoms with Crippen LogP contribution in [0.1, 0.15) is 44.0 Å². The lowest BCUT2D eigenvalue weighted by molar-refractivity contribution is 0.384. The SMILES string of the molecule is CCCNC(c1cccnc1OC)c1cnnn1CCC. The van der Waals surface area contributed by atoms with Gasteiger partial charge >= 0.3 is 0 Å². The lowest BCUT2D eigenvalue weighted by Gasteiger charge is -2.21. The van der Waals surface area contributed by atoms with Gasteiger partial charge in [0.25, 0.3) is 0 Å². The highest BCUT2D eigenvalue weighted by molar-refractivity contribution is 5.34. The molecule has 0 radical (unpaired) electrons. The maximum absolute atomic E-state index is 5.40. The summed E-state index contributed by atoms with van der Waals surface area (Å²) in [4.78, 5) is 4.30. The Hall–Kier alpha value is -1.95. The Bertz CT molecular complexity index is 555. The van der Waals surface area contributed by atoms with Gasteiger partial charge in [-0.1, -0.05) is 25.1 Å². The monoisotopic (exact) mass is 289 g/mol. The number of nitrogens with zero attached hydrogens (tertiary/aromatic N) is 4. The molecule has 2 aromatic rings. The smallest absolute Gasteiger partial charge is 0.218 e. The van der Waals surface area contributed by atoms with Crippen LogP contribution < -0.4 is 10.1 Å². The lowest BCUT2D eigenvalue weighted by Crippen LogP contribution is -2.26. The molecule has 0 aliphatic rings. The molecule has 21 heavy (non-hydrogen) atoms. The van der Waals surface area contributed by atoms with Gasteiger partial charge in [-0.05, 0) is 25.5 Å². The molecule has 0 fully saturated rings. The van der Waals surface area contributed by atoms with E-state index < -0.39 is 0 Å². The number of aromatic nitrogens is 4. The molecule has 0 aliphatic carbocycles. The number of methoxy groups -OCH3 is 1. The minimum atomic E-state index is -0.0184. The number of rotatable bonds is 8. The van der Waals surface area contributed by atoms with E-state index in [4.69, 9.17) is 4.74 Å². The molecule has 0 saturated carbocycles. The van der Waals surface area contributed by atoms with Gasteiger partial charge in [0.2, 0.25) is 5.88 Å². The molecule has 0 saturated heterocycles. The van der Waals surface area contributed by atoms with Crippen molar-refractivity contribution in [2.24, 2.45) is 0 Å². The fourth-order valence-corrected chi connectivity index (χ4v) is 2.33. The molecule has 2 aromatic heterocycles. The van der Waals surface area contributed by atoms with Crippen LogP contribution in [-0.2, 0) is 6.54 Å². The maximum atomic E-state index is 5.40. The Labute approximate surface area is 125 Å². The number of hydrogen-bond acceptors (Lipinski definition) is 5. The minimum Gasteiger partial charge on any atom is -0.481 e. The summed E-state index contributed by atoms with van der Waals surface area (Å²) in [5.41, 5.74) is 2.05. The molecule has 1 atom stereocenters. The molecular formula is C15H23N5O. The standard InChI is InChI=1S/C15H23N5O/c1-4-8-16-14(12-7-6-9-17-15(12)21-3)13-11-18-19-20(13)10-5-2/h6-7,9,11,14,16H,4-5,8,10H2,1-3H3. The Morgan fingerprint density at radius 1 is 1.33 bits per heavy atom. The van der Waals surface area contributed by atoms with Crippen LogP contribution in [0.2, 0.25) is 0 Å². The molecule has 2 rings (SSSR count). The molecule has 6 nitrogen and oxygen atoms in total. The fraction of sp³-hybridized carbons (Fsp3) is 0.533. The van der Waals surface area contributed by atoms with E-state index in [1.54, 1.807) is 13.3 Å². The Kier molecular flexibility index (Phi) is 5.68. The highest BCUT2D eigenvalue weighted by Gasteiger charge is 2.22. The van der Waals surface area contributed by atoms with Gasteiger partial charge in [-0.2, -0.15) is 0 Å². The summed E-state index contributed by atoms with van der Waals surface area (Å²) in [7, 11) is 1.64. The van der Waals surface area contributed by atoms with E-state index in [9.17, 15) is 0 Å². The van der Waals surface area contributed by atoms with E-state index in [0.29, 0.717) is 5.88 Å². The largest absolute Gasteiger partial charge is 0.481 e. The van der Waals surface area contributed by atoms with Crippen molar-refractivity contribution in [3.63, 3.8) is 0 Å². The zero-order valence-electron chi connectivity index (χ0n) is 12.9. The van der Waals surface area contributed by atoms with Gasteiger partial charge < -0.3 is 10.1 Å². The molecule has 2 heterocycles. The Balaban J connectivity index is 2.40. The summed E-state index contributed by atoms with van der Waals surface area (Å²) < 4.78 is 7.35. The van der Waals surface area contributed by atoms with Gasteiger partial charge in [-0.15, -0.1) is 5.10 Å². The molecule has 6 heteroatoms. The molecule has 0 bridgehead atoms. The first-order valence-corrected chi connectivity index (χ1v) is 7.42. The van der Waals surface area contributed by atoms with Crippen molar-refractivity contribution in [1.82, 2.24) is 25.3 Å². The molecule has 114 valence electrons. The summed E-state index contributed by atoms with van der Waals surface area (Å²) in [5, 5.41) is 11.8. The van der Waals surface area contributed by atoms with Crippen molar-refractivity contribution in [1.29, 1.82) is 0 Å². The average molecular weight is 289 g/mol. The van der Waals surface area contributed by atoms with Gasteiger partial charge in [0.05, 0.1) is 25.0 Å². The highest BCUT2D eigenvalue weighted by Crippen LogP contribution is 2.27. The summed E-state index contributed by atoms with van der Waals surface area (Å²) in [5.74, 6) is 0.635. The van der Waals surface area contributed by atoms with E-state index in [2.05, 4.69) is 34.5 Å². The second-order valence-electron chi connectivity index (χ2n) is 4.87. The Morgan fingerprint density at radius 3 is 2.90 bits per heavy atom. The van der Waals surface area contributed by atoms with E-state index >= 15 is 0 Å². The van der Waals surface area contributed by atoms with Crippen molar-refractivity contribution in [3.05, 3.63) is 35.8 Å². The first kappa shape index (κ1) is 15.4. The number of nitrogens with one attached hydrogen (secondary N) is 1. The van der Waals surface area contributed by atoms with Gasteiger partial charge in [0.15, 0.2) is 0 Å². The molecule has 1 N–H and O–H groups in total. The van der Waals surface area contributed by atoms with Crippen LogP contribution >= 0.6 is 0 Å². The summed E-state index contributed by atoms with van der Waals surface area (Å²) in [6, 6.07) is 3.93. The van der Waals surface area contributed by atoms with Gasteiger partial charge in [-0.25, -0.2) is 9.67 Å². The van der Waals surface area contributed by atoms with E-state index in [1.807, 2.05) is 23.0 Å². The Morgan fingerprint density at radius 2 is 2.19 bits per heavy atom. The number of aryl methyl sites for hydroxylation is 1. The van der Waals surface area contributed by atoms with Crippen LogP contribution in [0.25, 0.3) is 0 Å². The van der Waals surface area contributed by atoms with Crippen LogP contribution in [0.5, 0.6) is 5.88 Å². The molecule has 0 spiro atoms. The first-order valence-electron chi connectivity index (χ1n) is 7.42. The van der Waals surface area contributed by atoms with Crippen LogP contribution in [0, 0.1) is 0 Å². The van der Waals surface area contributed by atoms with E-state index in [1.165, 1.54) is 0 Å². The number of ether oxygens (including phenoxy) is 1. The topological polar surface area (TPSA) is 64.9 Å². The zero-order chi connectivity index (χ0) is 15.1. The van der Waals surface area contributed by atoms with Gasteiger partial charge in [0.1, 0.15) is 0 Å². The third-order valence-corrected chi connectivity index (χ3v) is 3.28. The summed E-state index contributed by atoms with van der Waals surface area (Å²) >= 11 is 0. The van der Waals surface area contributed by atoms with Crippen molar-refractivity contribution in [2.45, 2.75) is 39.3 Å². The van der Waals surface area contributed by atoms with Gasteiger partial charge in [0, 0.05) is 18.3 Å². The molecule has 0 aliphatic heterocycles. The van der Waals surface area contributed by atoms with Crippen LogP contribution in [0.4, 0.5) is 0 Å². The fourth-order valence-electron chi connectivity index (χ4n) is 2.33. The maximum Gasteiger partial charge on any atom is 0.218 e. The van der Waals surface area contributed by atoms with Crippen LogP contribution in [0.3, 0.4) is 0 Å². The normalized spacial score (nSPS) is 12.3. The first-order chi connectivity index (χ1) is 10.3. The van der Waals surface area contributed by atoms with Crippen molar-refractivity contribution in [2.75, 3.05) is 13.7 Å². The quantitative estimate of drug-likeness (QED) is 0.807. The predicted octanol–water partition coefficient (Wildman–Crippen LogP) is 2.18. The average Bonchev–Trinajstić information content (AvgIpc) is 2.97. The summed E-state index contributed by atoms with van der Waals surface area (Å²) in [6.45, 7) is 6.03. The summed E-state index contributed by atoms with van der Waals surface area (Å²) in [6.07, 6.45) is 5.62. The number of hydrogen-bond donors (Lipinski definition) is 1. The third-order valence-electron chi connectivity index (χ3n) is 3.28. The lowest BCUT2D eigenvalue weighted by atomic mass is 10.1. The van der Waals surface area contributed by atoms with E-state index in [-0.39, 0.29) is 6.04 Å². The van der Waals surface area contributed by atoms with Crippen LogP contribution in [-0.4, -0.2) is 33.6 Å². The molecule has 0 amide bonds. The number of pyridine rings is 1. The molecule has 0 aromatic carbocycles. The third kappa shape index (κ3) is 3.58. The molecule has 1 unspecified atom stereocenters. The molecular weight excluding hydrogens is 266 g/mol. The van der Waals surface area contributed by atoms with Gasteiger partial charge in [-0.3, -0.25) is 0 Å². The van der Waals surface area contributed by atoms with Crippen molar-refractivity contribution in [3.8, 4) is 5.88 Å². The van der Waals surface area contributed by atoms with Crippen LogP contribution in [0.15, 0.2) is 24.5 Å². The highest BCUT2D eigenvalue weighted by atomic mass is 16.5. The van der Waals surface area contributed by atoms with Crippen molar-refractivity contribution < 1.29 is 4.74 Å². The second-order valence-corrected chi connectivity index (χ2v) is 4.87. The van der Waals surface area contributed by atoms with E-state index in [0.717, 1.165) is 37.2 Å². The van der Waals surface area contributed by atoms with Crippen molar-refractivity contribution >= 4 is 0 Å². The zero-order valence-corrected chi connectivity index (χ0v) is 12.9. The minimum absolute atomic E-state index is 0.0184. The second kappa shape index (κ2) is 7.73.